The van der Waals surface area contributed by atoms with Crippen molar-refractivity contribution in [3.8, 4) is 0 Å². The summed E-state index contributed by atoms with van der Waals surface area (Å²) in [5, 5.41) is 10.3. The van der Waals surface area contributed by atoms with Crippen LogP contribution in [0.25, 0.3) is 0 Å². The third-order valence-corrected chi connectivity index (χ3v) is 5.10. The lowest BCUT2D eigenvalue weighted by Crippen LogP contribution is -2.48. The first-order valence-electron chi connectivity index (χ1n) is 8.32. The summed E-state index contributed by atoms with van der Waals surface area (Å²) in [5.74, 6) is -0.357. The number of hydrogen-bond donors (Lipinski definition) is 1. The Kier molecular flexibility index (Phi) is 4.69. The minimum absolute atomic E-state index is 0.00321. The molecule has 1 aromatic carbocycles. The van der Waals surface area contributed by atoms with Gasteiger partial charge in [0, 0.05) is 30.7 Å². The molecule has 23 heavy (non-hydrogen) atoms. The van der Waals surface area contributed by atoms with Crippen LogP contribution in [-0.2, 0) is 4.74 Å². The molecule has 2 aliphatic rings. The highest BCUT2D eigenvalue weighted by Gasteiger charge is 2.39. The van der Waals surface area contributed by atoms with E-state index in [9.17, 15) is 14.3 Å². The second kappa shape index (κ2) is 6.57. The van der Waals surface area contributed by atoms with Crippen molar-refractivity contribution in [1.29, 1.82) is 0 Å². The summed E-state index contributed by atoms with van der Waals surface area (Å²) < 4.78 is 19.3. The van der Waals surface area contributed by atoms with Crippen LogP contribution in [0.3, 0.4) is 0 Å². The number of ether oxygens (including phenoxy) is 1. The highest BCUT2D eigenvalue weighted by atomic mass is 19.1. The lowest BCUT2D eigenvalue weighted by atomic mass is 9.89. The zero-order valence-electron chi connectivity index (χ0n) is 13.7. The summed E-state index contributed by atoms with van der Waals surface area (Å²) in [4.78, 5) is 14.7. The Morgan fingerprint density at radius 3 is 2.65 bits per heavy atom. The Morgan fingerprint density at radius 1 is 1.30 bits per heavy atom. The van der Waals surface area contributed by atoms with E-state index in [-0.39, 0.29) is 23.7 Å². The fourth-order valence-electron chi connectivity index (χ4n) is 3.84. The van der Waals surface area contributed by atoms with Gasteiger partial charge >= 0.3 is 0 Å². The van der Waals surface area contributed by atoms with Crippen molar-refractivity contribution in [2.24, 2.45) is 5.92 Å². The predicted molar refractivity (Wildman–Crippen MR) is 84.9 cm³/mol. The number of hydrogen-bond acceptors (Lipinski definition) is 3. The molecule has 5 heteroatoms. The quantitative estimate of drug-likeness (QED) is 0.910. The summed E-state index contributed by atoms with van der Waals surface area (Å²) in [6.07, 6.45) is 2.02. The number of rotatable bonds is 2. The summed E-state index contributed by atoms with van der Waals surface area (Å²) in [6, 6.07) is 3.24. The van der Waals surface area contributed by atoms with Crippen molar-refractivity contribution in [3.05, 3.63) is 34.6 Å². The monoisotopic (exact) mass is 321 g/mol. The van der Waals surface area contributed by atoms with Crippen LogP contribution in [0.1, 0.15) is 40.7 Å². The topological polar surface area (TPSA) is 49.8 Å². The van der Waals surface area contributed by atoms with Gasteiger partial charge in [0.15, 0.2) is 0 Å². The molecule has 0 radical (unpaired) electrons. The molecular weight excluding hydrogens is 297 g/mol. The number of aliphatic hydroxyl groups excluding tert-OH is 1. The average molecular weight is 321 g/mol. The molecule has 0 aliphatic carbocycles. The van der Waals surface area contributed by atoms with E-state index in [2.05, 4.69) is 0 Å². The molecule has 4 nitrogen and oxygen atoms in total. The van der Waals surface area contributed by atoms with E-state index >= 15 is 0 Å². The first-order chi connectivity index (χ1) is 11.0. The summed E-state index contributed by atoms with van der Waals surface area (Å²) in [6.45, 7) is 5.12. The number of nitrogens with zero attached hydrogens (tertiary/aromatic N) is 1. The standard InChI is InChI=1S/C18H24FNO3/c1-11-8-13(9-12(2)17(11)19)18(22)20-6-3-4-15(20)14-10-23-7-5-16(14)21/h8-9,14-16,21H,3-7,10H2,1-2H3/t14-,15+,16-/m0/s1. The Hall–Kier alpha value is -1.46. The van der Waals surface area contributed by atoms with Gasteiger partial charge in [0.25, 0.3) is 5.91 Å². The van der Waals surface area contributed by atoms with Crippen molar-refractivity contribution < 1.29 is 19.0 Å². The van der Waals surface area contributed by atoms with Crippen LogP contribution in [0.2, 0.25) is 0 Å². The normalized spacial score (nSPS) is 28.2. The number of halogens is 1. The van der Waals surface area contributed by atoms with Crippen LogP contribution in [0.5, 0.6) is 0 Å². The van der Waals surface area contributed by atoms with Crippen LogP contribution in [-0.4, -0.2) is 47.8 Å². The molecule has 0 unspecified atom stereocenters. The smallest absolute Gasteiger partial charge is 0.254 e. The number of likely N-dealkylation sites (tertiary alicyclic amines) is 1. The molecule has 3 atom stereocenters. The largest absolute Gasteiger partial charge is 0.393 e. The molecule has 126 valence electrons. The fraction of sp³-hybridized carbons (Fsp3) is 0.611. The summed E-state index contributed by atoms with van der Waals surface area (Å²) >= 11 is 0. The molecule has 0 saturated carbocycles. The molecule has 0 aromatic heterocycles. The van der Waals surface area contributed by atoms with Crippen molar-refractivity contribution in [2.75, 3.05) is 19.8 Å². The molecule has 2 fully saturated rings. The first kappa shape index (κ1) is 16.4. The molecule has 2 aliphatic heterocycles. The number of aryl methyl sites for hydroxylation is 2. The minimum atomic E-state index is -0.418. The zero-order chi connectivity index (χ0) is 16.6. The first-order valence-corrected chi connectivity index (χ1v) is 8.32. The molecule has 1 aromatic rings. The van der Waals surface area contributed by atoms with E-state index in [1.54, 1.807) is 26.0 Å². The Morgan fingerprint density at radius 2 is 2.00 bits per heavy atom. The summed E-state index contributed by atoms with van der Waals surface area (Å²) in [5.41, 5.74) is 1.51. The van der Waals surface area contributed by atoms with Crippen molar-refractivity contribution in [2.45, 2.75) is 45.3 Å². The molecule has 1 amide bonds. The number of aliphatic hydroxyl groups is 1. The Bertz CT molecular complexity index is 581. The van der Waals surface area contributed by atoms with Crippen LogP contribution < -0.4 is 0 Å². The Labute approximate surface area is 136 Å². The lowest BCUT2D eigenvalue weighted by Gasteiger charge is -2.37. The molecule has 0 bridgehead atoms. The van der Waals surface area contributed by atoms with Gasteiger partial charge in [-0.15, -0.1) is 0 Å². The van der Waals surface area contributed by atoms with Gasteiger partial charge in [-0.05, 0) is 56.4 Å². The molecule has 1 N–H and O–H groups in total. The summed E-state index contributed by atoms with van der Waals surface area (Å²) in [7, 11) is 0. The van der Waals surface area contributed by atoms with Crippen LogP contribution in [0.4, 0.5) is 4.39 Å². The van der Waals surface area contributed by atoms with Gasteiger partial charge < -0.3 is 14.7 Å². The molecular formula is C18H24FNO3. The van der Waals surface area contributed by atoms with Gasteiger partial charge in [0.2, 0.25) is 0 Å². The third-order valence-electron chi connectivity index (χ3n) is 5.10. The number of carbonyl (C=O) groups excluding carboxylic acids is 1. The fourth-order valence-corrected chi connectivity index (χ4v) is 3.84. The van der Waals surface area contributed by atoms with E-state index in [1.807, 2.05) is 4.90 Å². The van der Waals surface area contributed by atoms with Crippen molar-refractivity contribution in [1.82, 2.24) is 4.90 Å². The van der Waals surface area contributed by atoms with Gasteiger partial charge in [-0.1, -0.05) is 0 Å². The molecule has 0 spiro atoms. The molecule has 2 heterocycles. The minimum Gasteiger partial charge on any atom is -0.393 e. The van der Waals surface area contributed by atoms with Crippen LogP contribution in [0, 0.1) is 25.6 Å². The van der Waals surface area contributed by atoms with E-state index in [0.717, 1.165) is 12.8 Å². The maximum atomic E-state index is 13.8. The van der Waals surface area contributed by atoms with Crippen molar-refractivity contribution >= 4 is 5.91 Å². The SMILES string of the molecule is Cc1cc(C(=O)N2CCC[C@@H]2[C@@H]2COCC[C@@H]2O)cc(C)c1F. The molecule has 2 saturated heterocycles. The molecule has 3 rings (SSSR count). The zero-order valence-corrected chi connectivity index (χ0v) is 13.7. The van der Waals surface area contributed by atoms with Crippen LogP contribution in [0.15, 0.2) is 12.1 Å². The third kappa shape index (κ3) is 3.12. The van der Waals surface area contributed by atoms with E-state index < -0.39 is 6.10 Å². The van der Waals surface area contributed by atoms with E-state index in [1.165, 1.54) is 0 Å². The maximum absolute atomic E-state index is 13.8. The second-order valence-corrected chi connectivity index (χ2v) is 6.73. The van der Waals surface area contributed by atoms with Gasteiger partial charge in [-0.3, -0.25) is 4.79 Å². The van der Waals surface area contributed by atoms with Gasteiger partial charge in [-0.2, -0.15) is 0 Å². The maximum Gasteiger partial charge on any atom is 0.254 e. The van der Waals surface area contributed by atoms with Gasteiger partial charge in [0.1, 0.15) is 5.82 Å². The Balaban J connectivity index is 1.83. The number of amides is 1. The highest BCUT2D eigenvalue weighted by Crippen LogP contribution is 2.31. The average Bonchev–Trinajstić information content (AvgIpc) is 3.01. The lowest BCUT2D eigenvalue weighted by molar-refractivity contribution is -0.0589. The highest BCUT2D eigenvalue weighted by molar-refractivity contribution is 5.95. The van der Waals surface area contributed by atoms with Gasteiger partial charge in [0.05, 0.1) is 12.7 Å². The van der Waals surface area contributed by atoms with E-state index in [4.69, 9.17) is 4.74 Å². The van der Waals surface area contributed by atoms with E-state index in [0.29, 0.717) is 42.9 Å². The van der Waals surface area contributed by atoms with Crippen molar-refractivity contribution in [3.63, 3.8) is 0 Å². The second-order valence-electron chi connectivity index (χ2n) is 6.73. The number of benzene rings is 1. The number of carbonyl (C=O) groups is 1. The van der Waals surface area contributed by atoms with Gasteiger partial charge in [-0.25, -0.2) is 4.39 Å². The predicted octanol–water partition coefficient (Wildman–Crippen LogP) is 2.44. The van der Waals surface area contributed by atoms with Crippen LogP contribution >= 0.6 is 0 Å².